The lowest BCUT2D eigenvalue weighted by atomic mass is 10.2. The lowest BCUT2D eigenvalue weighted by Crippen LogP contribution is -2.27. The fraction of sp³-hybridized carbons (Fsp3) is 0.333. The van der Waals surface area contributed by atoms with Crippen molar-refractivity contribution in [1.29, 1.82) is 0 Å². The topological polar surface area (TPSA) is 64.3 Å². The van der Waals surface area contributed by atoms with Gasteiger partial charge in [0.2, 0.25) is 0 Å². The maximum absolute atomic E-state index is 5.63. The third kappa shape index (κ3) is 3.68. The molecule has 0 radical (unpaired) electrons. The molecular formula is C15H20N4O. The Morgan fingerprint density at radius 1 is 1.25 bits per heavy atom. The fourth-order valence-corrected chi connectivity index (χ4v) is 2.03. The van der Waals surface area contributed by atoms with Crippen LogP contribution in [0.2, 0.25) is 0 Å². The Morgan fingerprint density at radius 2 is 2.10 bits per heavy atom. The maximum atomic E-state index is 5.63. The van der Waals surface area contributed by atoms with E-state index in [1.807, 2.05) is 24.4 Å². The van der Waals surface area contributed by atoms with E-state index in [-0.39, 0.29) is 0 Å². The van der Waals surface area contributed by atoms with Crippen LogP contribution in [0.25, 0.3) is 0 Å². The summed E-state index contributed by atoms with van der Waals surface area (Å²) in [6.45, 7) is 2.22. The molecule has 0 aliphatic carbocycles. The molecule has 2 rings (SSSR count). The smallest absolute Gasteiger partial charge is 0.171 e. The van der Waals surface area contributed by atoms with Crippen molar-refractivity contribution >= 4 is 5.82 Å². The Labute approximate surface area is 119 Å². The molecule has 0 fully saturated rings. The zero-order valence-electron chi connectivity index (χ0n) is 11.7. The van der Waals surface area contributed by atoms with Crippen LogP contribution in [0.1, 0.15) is 12.0 Å². The highest BCUT2D eigenvalue weighted by molar-refractivity contribution is 5.52. The van der Waals surface area contributed by atoms with Crippen LogP contribution in [0.15, 0.2) is 42.9 Å². The minimum atomic E-state index is 0.651. The summed E-state index contributed by atoms with van der Waals surface area (Å²) in [5, 5.41) is 0. The number of nitrogens with zero attached hydrogens (tertiary/aromatic N) is 3. The summed E-state index contributed by atoms with van der Waals surface area (Å²) in [4.78, 5) is 10.8. The molecule has 0 saturated carbocycles. The Kier molecular flexibility index (Phi) is 5.32. The summed E-state index contributed by atoms with van der Waals surface area (Å²) in [6.07, 6.45) is 6.32. The Bertz CT molecular complexity index is 518. The predicted octanol–water partition coefficient (Wildman–Crippen LogP) is 1.84. The number of methoxy groups -OCH3 is 1. The zero-order chi connectivity index (χ0) is 14.2. The van der Waals surface area contributed by atoms with Crippen molar-refractivity contribution in [2.45, 2.75) is 13.0 Å². The van der Waals surface area contributed by atoms with Gasteiger partial charge in [0.15, 0.2) is 11.6 Å². The average Bonchev–Trinajstić information content (AvgIpc) is 2.52. The number of anilines is 1. The first-order valence-electron chi connectivity index (χ1n) is 6.68. The van der Waals surface area contributed by atoms with Gasteiger partial charge < -0.3 is 15.4 Å². The van der Waals surface area contributed by atoms with Crippen LogP contribution in [-0.2, 0) is 6.54 Å². The van der Waals surface area contributed by atoms with Crippen molar-refractivity contribution in [1.82, 2.24) is 9.97 Å². The lowest BCUT2D eigenvalue weighted by Gasteiger charge is -2.25. The van der Waals surface area contributed by atoms with Gasteiger partial charge >= 0.3 is 0 Å². The minimum Gasteiger partial charge on any atom is -0.493 e. The number of hydrogen-bond donors (Lipinski definition) is 1. The number of rotatable bonds is 7. The number of ether oxygens (including phenoxy) is 1. The van der Waals surface area contributed by atoms with Crippen LogP contribution in [-0.4, -0.2) is 30.2 Å². The molecule has 0 unspecified atom stereocenters. The highest BCUT2D eigenvalue weighted by atomic mass is 16.5. The summed E-state index contributed by atoms with van der Waals surface area (Å²) in [6, 6.07) is 7.78. The van der Waals surface area contributed by atoms with Gasteiger partial charge in [0, 0.05) is 31.7 Å². The van der Waals surface area contributed by atoms with E-state index < -0.39 is 0 Å². The second kappa shape index (κ2) is 7.45. The summed E-state index contributed by atoms with van der Waals surface area (Å²) in [7, 11) is 1.66. The van der Waals surface area contributed by atoms with E-state index in [2.05, 4.69) is 20.9 Å². The molecule has 2 aromatic rings. The van der Waals surface area contributed by atoms with Crippen molar-refractivity contribution in [3.05, 3.63) is 48.4 Å². The zero-order valence-corrected chi connectivity index (χ0v) is 11.7. The van der Waals surface area contributed by atoms with E-state index in [9.17, 15) is 0 Å². The van der Waals surface area contributed by atoms with Gasteiger partial charge in [0.05, 0.1) is 7.11 Å². The van der Waals surface area contributed by atoms with Crippen molar-refractivity contribution in [2.24, 2.45) is 5.73 Å². The highest BCUT2D eigenvalue weighted by Crippen LogP contribution is 2.26. The van der Waals surface area contributed by atoms with E-state index in [0.29, 0.717) is 6.54 Å². The van der Waals surface area contributed by atoms with E-state index in [1.165, 1.54) is 0 Å². The molecule has 0 aliphatic heterocycles. The summed E-state index contributed by atoms with van der Waals surface area (Å²) >= 11 is 0. The third-order valence-electron chi connectivity index (χ3n) is 3.00. The third-order valence-corrected chi connectivity index (χ3v) is 3.00. The number of aromatic nitrogens is 2. The molecular weight excluding hydrogens is 252 g/mol. The SMILES string of the molecule is COc1cccnc1N(CCCN)Cc1cccnc1. The van der Waals surface area contributed by atoms with Gasteiger partial charge in [-0.25, -0.2) is 4.98 Å². The van der Waals surface area contributed by atoms with Gasteiger partial charge in [-0.3, -0.25) is 4.98 Å². The van der Waals surface area contributed by atoms with Gasteiger partial charge in [-0.1, -0.05) is 6.07 Å². The molecule has 20 heavy (non-hydrogen) atoms. The van der Waals surface area contributed by atoms with Gasteiger partial charge in [-0.2, -0.15) is 0 Å². The Hall–Kier alpha value is -2.14. The normalized spacial score (nSPS) is 10.3. The highest BCUT2D eigenvalue weighted by Gasteiger charge is 2.13. The molecule has 0 saturated heterocycles. The number of nitrogens with two attached hydrogens (primary N) is 1. The average molecular weight is 272 g/mol. The van der Waals surface area contributed by atoms with Crippen molar-refractivity contribution in [2.75, 3.05) is 25.1 Å². The van der Waals surface area contributed by atoms with Gasteiger partial charge in [0.1, 0.15) is 0 Å². The van der Waals surface area contributed by atoms with E-state index in [0.717, 1.165) is 36.6 Å². The molecule has 106 valence electrons. The van der Waals surface area contributed by atoms with Crippen LogP contribution in [0.3, 0.4) is 0 Å². The summed E-state index contributed by atoms with van der Waals surface area (Å²) < 4.78 is 5.39. The summed E-state index contributed by atoms with van der Waals surface area (Å²) in [5.74, 6) is 1.61. The molecule has 0 atom stereocenters. The molecule has 0 spiro atoms. The monoisotopic (exact) mass is 272 g/mol. The van der Waals surface area contributed by atoms with Crippen LogP contribution in [0, 0.1) is 0 Å². The van der Waals surface area contributed by atoms with Crippen molar-refractivity contribution in [3.63, 3.8) is 0 Å². The van der Waals surface area contributed by atoms with Crippen molar-refractivity contribution in [3.8, 4) is 5.75 Å². The first kappa shape index (κ1) is 14.3. The standard InChI is InChI=1S/C15H20N4O/c1-20-14-6-3-9-18-15(14)19(10-4-7-16)12-13-5-2-8-17-11-13/h2-3,5-6,8-9,11H,4,7,10,12,16H2,1H3. The van der Waals surface area contributed by atoms with Crippen LogP contribution < -0.4 is 15.4 Å². The Balaban J connectivity index is 2.22. The first-order chi connectivity index (χ1) is 9.85. The molecule has 0 aromatic carbocycles. The molecule has 5 heteroatoms. The molecule has 2 aromatic heterocycles. The minimum absolute atomic E-state index is 0.651. The maximum Gasteiger partial charge on any atom is 0.171 e. The first-order valence-corrected chi connectivity index (χ1v) is 6.68. The van der Waals surface area contributed by atoms with Crippen molar-refractivity contribution < 1.29 is 4.74 Å². The van der Waals surface area contributed by atoms with E-state index in [4.69, 9.17) is 10.5 Å². The molecule has 0 aliphatic rings. The number of hydrogen-bond acceptors (Lipinski definition) is 5. The Morgan fingerprint density at radius 3 is 2.80 bits per heavy atom. The number of pyridine rings is 2. The fourth-order valence-electron chi connectivity index (χ4n) is 2.03. The van der Waals surface area contributed by atoms with E-state index in [1.54, 1.807) is 19.5 Å². The van der Waals surface area contributed by atoms with Crippen LogP contribution in [0.5, 0.6) is 5.75 Å². The largest absolute Gasteiger partial charge is 0.493 e. The van der Waals surface area contributed by atoms with Crippen LogP contribution in [0.4, 0.5) is 5.82 Å². The second-order valence-corrected chi connectivity index (χ2v) is 4.45. The lowest BCUT2D eigenvalue weighted by molar-refractivity contribution is 0.412. The molecule has 5 nitrogen and oxygen atoms in total. The molecule has 2 N–H and O–H groups in total. The predicted molar refractivity (Wildman–Crippen MR) is 79.7 cm³/mol. The second-order valence-electron chi connectivity index (χ2n) is 4.45. The van der Waals surface area contributed by atoms with Crippen LogP contribution >= 0.6 is 0 Å². The van der Waals surface area contributed by atoms with Gasteiger partial charge in [-0.15, -0.1) is 0 Å². The van der Waals surface area contributed by atoms with E-state index >= 15 is 0 Å². The molecule has 0 amide bonds. The summed E-state index contributed by atoms with van der Waals surface area (Å²) in [5.41, 5.74) is 6.76. The molecule has 0 bridgehead atoms. The van der Waals surface area contributed by atoms with Gasteiger partial charge in [-0.05, 0) is 36.7 Å². The molecule has 2 heterocycles. The van der Waals surface area contributed by atoms with Gasteiger partial charge in [0.25, 0.3) is 0 Å². The quantitative estimate of drug-likeness (QED) is 0.833.